The van der Waals surface area contributed by atoms with Gasteiger partial charge in [-0.15, -0.1) is 0 Å². The van der Waals surface area contributed by atoms with Crippen LogP contribution in [0, 0.1) is 5.92 Å². The first-order valence-electron chi connectivity index (χ1n) is 12.4. The molecule has 0 unspecified atom stereocenters. The zero-order valence-electron chi connectivity index (χ0n) is 20.7. The molecule has 8 nitrogen and oxygen atoms in total. The van der Waals surface area contributed by atoms with Gasteiger partial charge in [0, 0.05) is 5.56 Å². The number of nitrogens with zero attached hydrogens (tertiary/aromatic N) is 2. The molecule has 2 saturated heterocycles. The van der Waals surface area contributed by atoms with Gasteiger partial charge in [0.25, 0.3) is 5.91 Å². The standard InChI is InChI=1S/C30H24N2O6S/c33-29-26-27(24-18-10-11-19-25(24)38-39(35,36)23-16-8-3-9-17-23)32(22-14-6-2-7-15-22)37-28(26)30(34)31(29)20-21-12-4-1-5-13-21/h1-19,26-28H,20H2/t26-,27-,28+/m1/s1. The molecule has 0 aromatic heterocycles. The quantitative estimate of drug-likeness (QED) is 0.252. The average molecular weight is 541 g/mol. The summed E-state index contributed by atoms with van der Waals surface area (Å²) in [6, 6.07) is 32.0. The molecule has 4 aromatic carbocycles. The summed E-state index contributed by atoms with van der Waals surface area (Å²) in [5.74, 6) is -1.69. The molecule has 0 N–H and O–H groups in total. The van der Waals surface area contributed by atoms with Crippen molar-refractivity contribution in [2.24, 2.45) is 5.92 Å². The number of anilines is 1. The highest BCUT2D eigenvalue weighted by Crippen LogP contribution is 2.49. The first-order valence-corrected chi connectivity index (χ1v) is 13.8. The summed E-state index contributed by atoms with van der Waals surface area (Å²) in [7, 11) is -4.17. The number of benzene rings is 4. The summed E-state index contributed by atoms with van der Waals surface area (Å²) in [5.41, 5.74) is 1.84. The molecule has 2 fully saturated rings. The Hall–Kier alpha value is -4.47. The minimum absolute atomic E-state index is 0.00132. The molecule has 6 rings (SSSR count). The lowest BCUT2D eigenvalue weighted by Gasteiger charge is -2.29. The topological polar surface area (TPSA) is 93.2 Å². The minimum Gasteiger partial charge on any atom is -0.379 e. The van der Waals surface area contributed by atoms with Crippen molar-refractivity contribution in [1.82, 2.24) is 4.90 Å². The van der Waals surface area contributed by atoms with Gasteiger partial charge in [0.2, 0.25) is 5.91 Å². The Kier molecular flexibility index (Phi) is 6.38. The van der Waals surface area contributed by atoms with Crippen LogP contribution < -0.4 is 9.25 Å². The Balaban J connectivity index is 1.41. The number of para-hydroxylation sites is 2. The van der Waals surface area contributed by atoms with Gasteiger partial charge < -0.3 is 4.18 Å². The van der Waals surface area contributed by atoms with E-state index in [2.05, 4.69) is 0 Å². The smallest absolute Gasteiger partial charge is 0.339 e. The Morgan fingerprint density at radius 2 is 1.31 bits per heavy atom. The third-order valence-electron chi connectivity index (χ3n) is 6.87. The molecule has 0 spiro atoms. The number of fused-ring (bicyclic) bond motifs is 1. The van der Waals surface area contributed by atoms with E-state index >= 15 is 0 Å². The van der Waals surface area contributed by atoms with Crippen molar-refractivity contribution >= 4 is 27.6 Å². The Bertz CT molecular complexity index is 1610. The fourth-order valence-electron chi connectivity index (χ4n) is 5.06. The summed E-state index contributed by atoms with van der Waals surface area (Å²) in [6.45, 7) is 0.119. The average Bonchev–Trinajstić information content (AvgIpc) is 3.46. The third-order valence-corrected chi connectivity index (χ3v) is 8.12. The van der Waals surface area contributed by atoms with Crippen molar-refractivity contribution in [2.75, 3.05) is 5.06 Å². The maximum absolute atomic E-state index is 13.8. The summed E-state index contributed by atoms with van der Waals surface area (Å²) in [5, 5.41) is 1.52. The van der Waals surface area contributed by atoms with Crippen molar-refractivity contribution in [2.45, 2.75) is 23.6 Å². The van der Waals surface area contributed by atoms with Gasteiger partial charge >= 0.3 is 10.1 Å². The first kappa shape index (κ1) is 24.8. The monoisotopic (exact) mass is 540 g/mol. The number of carbonyl (C=O) groups is 2. The van der Waals surface area contributed by atoms with Crippen LogP contribution in [-0.2, 0) is 31.1 Å². The lowest BCUT2D eigenvalue weighted by molar-refractivity contribution is -0.143. The molecule has 39 heavy (non-hydrogen) atoms. The maximum Gasteiger partial charge on any atom is 0.339 e. The molecule has 4 aromatic rings. The predicted molar refractivity (Wildman–Crippen MR) is 143 cm³/mol. The van der Waals surface area contributed by atoms with Crippen LogP contribution in [0.4, 0.5) is 5.69 Å². The zero-order valence-corrected chi connectivity index (χ0v) is 21.5. The molecule has 0 bridgehead atoms. The van der Waals surface area contributed by atoms with Gasteiger partial charge in [-0.3, -0.25) is 19.3 Å². The fraction of sp³-hybridized carbons (Fsp3) is 0.133. The van der Waals surface area contributed by atoms with E-state index < -0.39 is 40.0 Å². The Morgan fingerprint density at radius 1 is 0.718 bits per heavy atom. The summed E-state index contributed by atoms with van der Waals surface area (Å²) in [6.07, 6.45) is -1.06. The van der Waals surface area contributed by atoms with Crippen LogP contribution in [0.5, 0.6) is 5.75 Å². The van der Waals surface area contributed by atoms with Crippen molar-refractivity contribution in [1.29, 1.82) is 0 Å². The summed E-state index contributed by atoms with van der Waals surface area (Å²) < 4.78 is 31.9. The third kappa shape index (κ3) is 4.56. The van der Waals surface area contributed by atoms with Crippen LogP contribution in [0.25, 0.3) is 0 Å². The second-order valence-electron chi connectivity index (χ2n) is 9.29. The lowest BCUT2D eigenvalue weighted by Crippen LogP contribution is -2.37. The molecule has 0 aliphatic carbocycles. The highest BCUT2D eigenvalue weighted by Gasteiger charge is 2.60. The second kappa shape index (κ2) is 10.0. The maximum atomic E-state index is 13.8. The van der Waals surface area contributed by atoms with Crippen molar-refractivity contribution < 1.29 is 27.0 Å². The van der Waals surface area contributed by atoms with E-state index in [9.17, 15) is 18.0 Å². The molecule has 3 atom stereocenters. The van der Waals surface area contributed by atoms with Crippen LogP contribution in [0.3, 0.4) is 0 Å². The summed E-state index contributed by atoms with van der Waals surface area (Å²) in [4.78, 5) is 34.7. The molecule has 0 saturated carbocycles. The van der Waals surface area contributed by atoms with Gasteiger partial charge in [0.15, 0.2) is 6.10 Å². The van der Waals surface area contributed by atoms with Crippen molar-refractivity contribution in [3.05, 3.63) is 126 Å². The molecule has 2 heterocycles. The molecule has 2 amide bonds. The van der Waals surface area contributed by atoms with Crippen LogP contribution in [-0.4, -0.2) is 31.2 Å². The van der Waals surface area contributed by atoms with Gasteiger partial charge in [0.1, 0.15) is 16.6 Å². The number of amides is 2. The second-order valence-corrected chi connectivity index (χ2v) is 10.8. The van der Waals surface area contributed by atoms with Crippen molar-refractivity contribution in [3.8, 4) is 5.75 Å². The SMILES string of the molecule is O=C1[C@H]2[C@H](ON(c3ccccc3)[C@@H]2c2ccccc2OS(=O)(=O)c2ccccc2)C(=O)N1Cc1ccccc1. The highest BCUT2D eigenvalue weighted by atomic mass is 32.2. The molecule has 2 aliphatic rings. The zero-order chi connectivity index (χ0) is 27.0. The largest absolute Gasteiger partial charge is 0.379 e. The van der Waals surface area contributed by atoms with E-state index in [4.69, 9.17) is 9.02 Å². The van der Waals surface area contributed by atoms with E-state index in [1.165, 1.54) is 28.2 Å². The number of imide groups is 1. The number of hydrogen-bond donors (Lipinski definition) is 0. The molecule has 2 aliphatic heterocycles. The van der Waals surface area contributed by atoms with Crippen molar-refractivity contribution in [3.63, 3.8) is 0 Å². The molecule has 9 heteroatoms. The fourth-order valence-corrected chi connectivity index (χ4v) is 6.04. The number of hydroxylamine groups is 1. The number of likely N-dealkylation sites (tertiary alicyclic amines) is 1. The number of hydrogen-bond acceptors (Lipinski definition) is 7. The molecular weight excluding hydrogens is 516 g/mol. The van der Waals surface area contributed by atoms with E-state index in [1.807, 2.05) is 48.5 Å². The van der Waals surface area contributed by atoms with E-state index in [0.717, 1.165) is 5.56 Å². The van der Waals surface area contributed by atoms with Crippen LogP contribution in [0.2, 0.25) is 0 Å². The van der Waals surface area contributed by atoms with Gasteiger partial charge in [-0.05, 0) is 35.9 Å². The minimum atomic E-state index is -4.17. The van der Waals surface area contributed by atoms with Crippen LogP contribution in [0.1, 0.15) is 17.2 Å². The highest BCUT2D eigenvalue weighted by molar-refractivity contribution is 7.87. The van der Waals surface area contributed by atoms with E-state index in [-0.39, 0.29) is 17.2 Å². The Labute approximate surface area is 226 Å². The Morgan fingerprint density at radius 3 is 2.00 bits per heavy atom. The normalized spacial score (nSPS) is 20.8. The first-order chi connectivity index (χ1) is 18.9. The van der Waals surface area contributed by atoms with Crippen LogP contribution >= 0.6 is 0 Å². The van der Waals surface area contributed by atoms with E-state index in [0.29, 0.717) is 11.3 Å². The van der Waals surface area contributed by atoms with Gasteiger partial charge in [0.05, 0.1) is 18.3 Å². The molecular formula is C30H24N2O6S. The van der Waals surface area contributed by atoms with Gasteiger partial charge in [-0.25, -0.2) is 5.06 Å². The predicted octanol–water partition coefficient (Wildman–Crippen LogP) is 4.50. The van der Waals surface area contributed by atoms with Gasteiger partial charge in [-0.2, -0.15) is 8.42 Å². The molecule has 196 valence electrons. The van der Waals surface area contributed by atoms with Gasteiger partial charge in [-0.1, -0.05) is 84.9 Å². The summed E-state index contributed by atoms with van der Waals surface area (Å²) >= 11 is 0. The number of rotatable bonds is 7. The number of carbonyl (C=O) groups excluding carboxylic acids is 2. The van der Waals surface area contributed by atoms with E-state index in [1.54, 1.807) is 48.5 Å². The van der Waals surface area contributed by atoms with Crippen LogP contribution in [0.15, 0.2) is 120 Å². The lowest BCUT2D eigenvalue weighted by atomic mass is 9.90. The molecule has 0 radical (unpaired) electrons.